The minimum atomic E-state index is -0.944. The molecule has 7 heteroatoms. The zero-order chi connectivity index (χ0) is 17.6. The molecule has 130 valence electrons. The monoisotopic (exact) mass is 360 g/mol. The summed E-state index contributed by atoms with van der Waals surface area (Å²) in [5.41, 5.74) is 1.90. The fourth-order valence-corrected chi connectivity index (χ4v) is 3.34. The third kappa shape index (κ3) is 4.79. The number of halogens is 1. The van der Waals surface area contributed by atoms with Crippen LogP contribution in [-0.2, 0) is 17.8 Å². The van der Waals surface area contributed by atoms with Crippen molar-refractivity contribution in [3.05, 3.63) is 64.7 Å². The molecule has 3 rings (SSSR count). The third-order valence-electron chi connectivity index (χ3n) is 3.81. The first kappa shape index (κ1) is 17.4. The molecule has 0 bridgehead atoms. The first-order valence-electron chi connectivity index (χ1n) is 7.84. The molecule has 1 unspecified atom stereocenters. The Balaban J connectivity index is 1.61. The van der Waals surface area contributed by atoms with Crippen LogP contribution in [0.15, 0.2) is 42.1 Å². The molecule has 0 spiro atoms. The van der Waals surface area contributed by atoms with Crippen molar-refractivity contribution in [3.63, 3.8) is 0 Å². The Hall–Kier alpha value is -2.41. The smallest absolute Gasteiger partial charge is 0.303 e. The second-order valence-electron chi connectivity index (χ2n) is 5.66. The average molecular weight is 360 g/mol. The van der Waals surface area contributed by atoms with Gasteiger partial charge >= 0.3 is 5.97 Å². The fraction of sp³-hybridized carbons (Fsp3) is 0.278. The Morgan fingerprint density at radius 1 is 1.40 bits per heavy atom. The topological polar surface area (TPSA) is 72.3 Å². The Labute approximate surface area is 149 Å². The van der Waals surface area contributed by atoms with Crippen molar-refractivity contribution < 1.29 is 19.0 Å². The van der Waals surface area contributed by atoms with Gasteiger partial charge in [-0.15, -0.1) is 11.8 Å². The van der Waals surface area contributed by atoms with E-state index in [1.165, 1.54) is 12.3 Å². The summed E-state index contributed by atoms with van der Waals surface area (Å²) in [5, 5.41) is 10.7. The van der Waals surface area contributed by atoms with Gasteiger partial charge in [0.15, 0.2) is 0 Å². The van der Waals surface area contributed by atoms with Crippen LogP contribution >= 0.6 is 11.8 Å². The summed E-state index contributed by atoms with van der Waals surface area (Å²) >= 11 is 1.73. The number of benzene rings is 1. The van der Waals surface area contributed by atoms with E-state index < -0.39 is 11.8 Å². The zero-order valence-electron chi connectivity index (χ0n) is 13.4. The number of hydrogen-bond acceptors (Lipinski definition) is 5. The number of ether oxygens (including phenoxy) is 1. The van der Waals surface area contributed by atoms with Crippen LogP contribution in [0.3, 0.4) is 0 Å². The molecule has 0 saturated carbocycles. The lowest BCUT2D eigenvalue weighted by atomic mass is 10.1. The SMILES string of the molecule is O=C(O)CCc1ccc(COc2cncc(C3C=CSC3)n2)cc1F. The van der Waals surface area contributed by atoms with Crippen molar-refractivity contribution in [1.82, 2.24) is 9.97 Å². The highest BCUT2D eigenvalue weighted by atomic mass is 32.2. The predicted molar refractivity (Wildman–Crippen MR) is 93.1 cm³/mol. The summed E-state index contributed by atoms with van der Waals surface area (Å²) in [7, 11) is 0. The maximum absolute atomic E-state index is 14.0. The van der Waals surface area contributed by atoms with Gasteiger partial charge in [0, 0.05) is 24.3 Å². The first-order valence-corrected chi connectivity index (χ1v) is 8.89. The number of aromatic nitrogens is 2. The van der Waals surface area contributed by atoms with Gasteiger partial charge in [0.2, 0.25) is 5.88 Å². The van der Waals surface area contributed by atoms with Crippen molar-refractivity contribution >= 4 is 17.7 Å². The van der Waals surface area contributed by atoms with Gasteiger partial charge in [-0.1, -0.05) is 18.2 Å². The normalized spacial score (nSPS) is 16.1. The van der Waals surface area contributed by atoms with E-state index in [1.807, 2.05) is 0 Å². The van der Waals surface area contributed by atoms with E-state index in [9.17, 15) is 9.18 Å². The summed E-state index contributed by atoms with van der Waals surface area (Å²) in [6, 6.07) is 4.69. The van der Waals surface area contributed by atoms with Crippen molar-refractivity contribution in [2.24, 2.45) is 0 Å². The molecule has 25 heavy (non-hydrogen) atoms. The summed E-state index contributed by atoms with van der Waals surface area (Å²) < 4.78 is 19.6. The Morgan fingerprint density at radius 3 is 3.00 bits per heavy atom. The summed E-state index contributed by atoms with van der Waals surface area (Å²) in [6.45, 7) is 0.170. The average Bonchev–Trinajstić information content (AvgIpc) is 3.14. The Morgan fingerprint density at radius 2 is 2.28 bits per heavy atom. The molecule has 0 aliphatic carbocycles. The van der Waals surface area contributed by atoms with Gasteiger partial charge in [0.1, 0.15) is 12.4 Å². The van der Waals surface area contributed by atoms with Gasteiger partial charge in [-0.05, 0) is 29.0 Å². The van der Waals surface area contributed by atoms with Crippen molar-refractivity contribution in [2.75, 3.05) is 5.75 Å². The van der Waals surface area contributed by atoms with E-state index in [2.05, 4.69) is 21.5 Å². The van der Waals surface area contributed by atoms with E-state index in [0.717, 1.165) is 11.4 Å². The molecule has 0 radical (unpaired) electrons. The number of allylic oxidation sites excluding steroid dienone is 1. The third-order valence-corrected chi connectivity index (χ3v) is 4.71. The highest BCUT2D eigenvalue weighted by Crippen LogP contribution is 2.28. The number of aliphatic carboxylic acids is 1. The van der Waals surface area contributed by atoms with E-state index in [-0.39, 0.29) is 25.4 Å². The molecule has 1 aromatic heterocycles. The van der Waals surface area contributed by atoms with Crippen molar-refractivity contribution in [1.29, 1.82) is 0 Å². The maximum atomic E-state index is 14.0. The van der Waals surface area contributed by atoms with E-state index in [1.54, 1.807) is 30.1 Å². The Kier molecular flexibility index (Phi) is 5.65. The number of thioether (sulfide) groups is 1. The van der Waals surface area contributed by atoms with Gasteiger partial charge in [-0.3, -0.25) is 9.78 Å². The minimum absolute atomic E-state index is 0.0942. The first-order chi connectivity index (χ1) is 12.1. The molecule has 0 amide bonds. The zero-order valence-corrected chi connectivity index (χ0v) is 14.2. The van der Waals surface area contributed by atoms with Gasteiger partial charge in [0.25, 0.3) is 0 Å². The molecule has 1 aromatic carbocycles. The molecule has 2 aromatic rings. The van der Waals surface area contributed by atoms with Gasteiger partial charge in [0.05, 0.1) is 11.9 Å². The quantitative estimate of drug-likeness (QED) is 0.814. The van der Waals surface area contributed by atoms with E-state index in [4.69, 9.17) is 9.84 Å². The molecule has 0 saturated heterocycles. The second kappa shape index (κ2) is 8.11. The number of rotatable bonds is 7. The number of aryl methyl sites for hydroxylation is 1. The number of nitrogens with zero attached hydrogens (tertiary/aromatic N) is 2. The van der Waals surface area contributed by atoms with Gasteiger partial charge in [-0.25, -0.2) is 9.37 Å². The highest BCUT2D eigenvalue weighted by molar-refractivity contribution is 8.02. The van der Waals surface area contributed by atoms with Crippen molar-refractivity contribution in [3.8, 4) is 5.88 Å². The fourth-order valence-electron chi connectivity index (χ4n) is 2.44. The summed E-state index contributed by atoms with van der Waals surface area (Å²) in [5.74, 6) is 0.225. The van der Waals surface area contributed by atoms with Crippen LogP contribution in [0.5, 0.6) is 5.88 Å². The van der Waals surface area contributed by atoms with E-state index >= 15 is 0 Å². The molecule has 1 aliphatic rings. The van der Waals surface area contributed by atoms with E-state index in [0.29, 0.717) is 17.0 Å². The van der Waals surface area contributed by atoms with Crippen LogP contribution in [0.25, 0.3) is 0 Å². The van der Waals surface area contributed by atoms with Crippen LogP contribution in [0.1, 0.15) is 29.2 Å². The van der Waals surface area contributed by atoms with Crippen LogP contribution in [0.2, 0.25) is 0 Å². The largest absolute Gasteiger partial charge is 0.481 e. The van der Waals surface area contributed by atoms with Gasteiger partial charge in [-0.2, -0.15) is 0 Å². The molecule has 0 fully saturated rings. The highest BCUT2D eigenvalue weighted by Gasteiger charge is 2.15. The lowest BCUT2D eigenvalue weighted by molar-refractivity contribution is -0.136. The standard InChI is InChI=1S/C18H17FN2O3S/c19-15-7-12(1-2-13(15)3-4-18(22)23)10-24-17-9-20-8-16(21-17)14-5-6-25-11-14/h1-2,5-9,14H,3-4,10-11H2,(H,22,23). The lowest BCUT2D eigenvalue weighted by Gasteiger charge is -2.10. The van der Waals surface area contributed by atoms with Crippen LogP contribution in [0, 0.1) is 5.82 Å². The molecule has 5 nitrogen and oxygen atoms in total. The summed E-state index contributed by atoms with van der Waals surface area (Å²) in [6.07, 6.45) is 5.42. The number of carboxylic acids is 1. The second-order valence-corrected chi connectivity index (χ2v) is 6.60. The van der Waals surface area contributed by atoms with Crippen LogP contribution < -0.4 is 4.74 Å². The number of carbonyl (C=O) groups is 1. The van der Waals surface area contributed by atoms with Crippen molar-refractivity contribution in [2.45, 2.75) is 25.4 Å². The van der Waals surface area contributed by atoms with Crippen LogP contribution in [-0.4, -0.2) is 26.8 Å². The van der Waals surface area contributed by atoms with Gasteiger partial charge < -0.3 is 9.84 Å². The number of hydrogen-bond donors (Lipinski definition) is 1. The minimum Gasteiger partial charge on any atom is -0.481 e. The molecular weight excluding hydrogens is 343 g/mol. The predicted octanol–water partition coefficient (Wildman–Crippen LogP) is 3.56. The molecule has 1 aliphatic heterocycles. The Bertz CT molecular complexity index is 798. The molecule has 1 atom stereocenters. The molecule has 1 N–H and O–H groups in total. The summed E-state index contributed by atoms with van der Waals surface area (Å²) in [4.78, 5) is 19.2. The number of carboxylic acid groups (broad SMARTS) is 1. The van der Waals surface area contributed by atoms with Crippen LogP contribution in [0.4, 0.5) is 4.39 Å². The lowest BCUT2D eigenvalue weighted by Crippen LogP contribution is -2.04. The maximum Gasteiger partial charge on any atom is 0.303 e. The molecule has 2 heterocycles. The molecular formula is C18H17FN2O3S.